The summed E-state index contributed by atoms with van der Waals surface area (Å²) < 4.78 is 31.6. The van der Waals surface area contributed by atoms with Crippen molar-refractivity contribution in [3.63, 3.8) is 0 Å². The maximum Gasteiger partial charge on any atom is 0.333 e. The van der Waals surface area contributed by atoms with E-state index in [9.17, 15) is 67.3 Å². The molecule has 25 heteroatoms. The molecule has 0 spiro atoms. The molecule has 0 radical (unpaired) electrons. The first-order valence-corrected chi connectivity index (χ1v) is 23.4. The number of carboxylic acid groups (broad SMARTS) is 2. The van der Waals surface area contributed by atoms with Gasteiger partial charge in [0.1, 0.15) is 36.4 Å². The zero-order valence-corrected chi connectivity index (χ0v) is 40.9. The van der Waals surface area contributed by atoms with Crippen LogP contribution < -0.4 is 27.0 Å². The number of amides is 8. The SMILES string of the molecule is CC(C)(C)[C@H](c1cc(-c2cc(F)ccc2F)cn1Cc1ccccc1)N(CC[C@H](NC(=O)[C@H](CC(N)=O)NC(=O)CCCC(=O)ON1C(=O)CCC1=O)C(=O)NCCC(=O)N[C@H](CCC(=O)O)C(=O)O)C(=O)CO. The molecule has 1 saturated heterocycles. The number of halogens is 2. The number of benzene rings is 2. The Morgan fingerprint density at radius 3 is 2.05 bits per heavy atom. The highest BCUT2D eigenvalue weighted by molar-refractivity contribution is 6.01. The zero-order chi connectivity index (χ0) is 54.9. The number of carbonyl (C=O) groups is 11. The van der Waals surface area contributed by atoms with E-state index in [1.807, 2.05) is 12.1 Å². The van der Waals surface area contributed by atoms with Crippen LogP contribution in [0.3, 0.4) is 0 Å². The minimum Gasteiger partial charge on any atom is -0.481 e. The Hall–Kier alpha value is -8.09. The first kappa shape index (κ1) is 58.5. The van der Waals surface area contributed by atoms with Gasteiger partial charge in [-0.25, -0.2) is 18.4 Å². The van der Waals surface area contributed by atoms with Gasteiger partial charge in [-0.3, -0.25) is 43.2 Å². The predicted molar refractivity (Wildman–Crippen MR) is 254 cm³/mol. The molecule has 74 heavy (non-hydrogen) atoms. The van der Waals surface area contributed by atoms with E-state index in [4.69, 9.17) is 15.7 Å². The number of aromatic nitrogens is 1. The van der Waals surface area contributed by atoms with E-state index in [0.29, 0.717) is 10.8 Å². The number of imide groups is 1. The van der Waals surface area contributed by atoms with Crippen molar-refractivity contribution in [3.8, 4) is 11.1 Å². The second-order valence-electron chi connectivity index (χ2n) is 18.4. The number of primary amides is 1. The molecule has 1 aliphatic heterocycles. The molecule has 400 valence electrons. The van der Waals surface area contributed by atoms with Gasteiger partial charge in [0.15, 0.2) is 0 Å². The summed E-state index contributed by atoms with van der Waals surface area (Å²) in [6.07, 6.45) is -2.68. The van der Waals surface area contributed by atoms with Gasteiger partial charge in [-0.15, -0.1) is 5.06 Å². The lowest BCUT2D eigenvalue weighted by atomic mass is 9.82. The standard InChI is InChI=1S/C49H60F2N8O15/c1-49(2,3)45(36-22-29(31-23-30(50)12-13-32(31)51)26-57(36)25-28-8-5-4-6-9-28)58(42(66)27-60)21-19-33(46(70)53-20-18-39(63)54-34(48(72)73)14-17-43(67)68)56-47(71)35(24-37(52)61)55-38(62)10-7-11-44(69)74-59-40(64)15-16-41(59)65/h4-6,8-9,12-13,22-23,26,33-35,45,60H,7,10-11,14-21,24-25,27H2,1-3H3,(H2,52,61)(H,53,70)(H,54,63)(H,55,62)(H,56,71)(H,67,68)(H,72,73)/t33-,34+,35-,45-/m0/s1. The minimum atomic E-state index is -1.74. The number of aliphatic hydroxyl groups excluding tert-OH is 1. The lowest BCUT2D eigenvalue weighted by Gasteiger charge is -2.41. The van der Waals surface area contributed by atoms with Crippen LogP contribution in [0, 0.1) is 17.0 Å². The number of aliphatic hydroxyl groups is 1. The van der Waals surface area contributed by atoms with Crippen molar-refractivity contribution in [2.45, 2.75) is 116 Å². The summed E-state index contributed by atoms with van der Waals surface area (Å²) in [6, 6.07) is 7.51. The average Bonchev–Trinajstić information content (AvgIpc) is 3.88. The van der Waals surface area contributed by atoms with Crippen LogP contribution in [0.1, 0.15) is 102 Å². The van der Waals surface area contributed by atoms with Crippen LogP contribution in [-0.4, -0.2) is 133 Å². The van der Waals surface area contributed by atoms with Crippen molar-refractivity contribution in [1.82, 2.24) is 35.8 Å². The number of hydroxylamine groups is 2. The highest BCUT2D eigenvalue weighted by atomic mass is 19.1. The quantitative estimate of drug-likeness (QED) is 0.0476. The first-order valence-electron chi connectivity index (χ1n) is 23.4. The number of nitrogens with zero attached hydrogens (tertiary/aromatic N) is 3. The molecule has 8 amide bonds. The maximum absolute atomic E-state index is 15.3. The second-order valence-corrected chi connectivity index (χ2v) is 18.4. The molecule has 4 rings (SSSR count). The molecule has 0 saturated carbocycles. The molecule has 2 heterocycles. The first-order chi connectivity index (χ1) is 34.9. The van der Waals surface area contributed by atoms with E-state index >= 15 is 4.39 Å². The van der Waals surface area contributed by atoms with Crippen LogP contribution in [0.5, 0.6) is 0 Å². The van der Waals surface area contributed by atoms with Gasteiger partial charge in [-0.05, 0) is 54.5 Å². The number of hydrogen-bond acceptors (Lipinski definition) is 13. The van der Waals surface area contributed by atoms with Crippen LogP contribution in [-0.2, 0) is 64.1 Å². The monoisotopic (exact) mass is 1040 g/mol. The van der Waals surface area contributed by atoms with Crippen molar-refractivity contribution in [2.24, 2.45) is 11.1 Å². The Bertz CT molecular complexity index is 2570. The Kier molecular flexibility index (Phi) is 21.4. The smallest absolute Gasteiger partial charge is 0.333 e. The van der Waals surface area contributed by atoms with Crippen molar-refractivity contribution in [1.29, 1.82) is 0 Å². The molecule has 23 nitrogen and oxygen atoms in total. The molecule has 1 aliphatic rings. The number of nitrogens with two attached hydrogens (primary N) is 1. The number of carboxylic acids is 2. The van der Waals surface area contributed by atoms with Crippen LogP contribution in [0.4, 0.5) is 8.78 Å². The van der Waals surface area contributed by atoms with E-state index < -0.39 is 171 Å². The summed E-state index contributed by atoms with van der Waals surface area (Å²) in [5.41, 5.74) is 5.81. The Morgan fingerprint density at radius 2 is 1.45 bits per heavy atom. The molecule has 4 atom stereocenters. The largest absolute Gasteiger partial charge is 0.481 e. The minimum absolute atomic E-state index is 0.0920. The fraction of sp³-hybridized carbons (Fsp3) is 0.449. The van der Waals surface area contributed by atoms with Crippen LogP contribution in [0.25, 0.3) is 11.1 Å². The second kappa shape index (κ2) is 27.1. The third kappa shape index (κ3) is 17.6. The van der Waals surface area contributed by atoms with Crippen molar-refractivity contribution < 1.29 is 81.7 Å². The number of nitrogens with one attached hydrogen (secondary N) is 4. The maximum atomic E-state index is 15.3. The highest BCUT2D eigenvalue weighted by Gasteiger charge is 2.39. The fourth-order valence-electron chi connectivity index (χ4n) is 8.00. The topological polar surface area (TPSA) is 343 Å². The van der Waals surface area contributed by atoms with Crippen molar-refractivity contribution in [3.05, 3.63) is 83.7 Å². The van der Waals surface area contributed by atoms with E-state index in [1.54, 1.807) is 55.8 Å². The Morgan fingerprint density at radius 1 is 0.797 bits per heavy atom. The summed E-state index contributed by atoms with van der Waals surface area (Å²) >= 11 is 0. The predicted octanol–water partition coefficient (Wildman–Crippen LogP) is 1.34. The van der Waals surface area contributed by atoms with Gasteiger partial charge in [-0.1, -0.05) is 51.1 Å². The molecule has 1 aromatic heterocycles. The van der Waals surface area contributed by atoms with Gasteiger partial charge in [0, 0.05) is 81.2 Å². The average molecular weight is 1040 g/mol. The van der Waals surface area contributed by atoms with Gasteiger partial charge >= 0.3 is 17.9 Å². The van der Waals surface area contributed by atoms with Crippen molar-refractivity contribution >= 4 is 65.2 Å². The third-order valence-corrected chi connectivity index (χ3v) is 11.5. The number of carbonyl (C=O) groups excluding carboxylic acids is 9. The summed E-state index contributed by atoms with van der Waals surface area (Å²) in [4.78, 5) is 145. The number of rotatable bonds is 28. The summed E-state index contributed by atoms with van der Waals surface area (Å²) in [6.45, 7) is 3.49. The molecule has 0 bridgehead atoms. The van der Waals surface area contributed by atoms with E-state index in [0.717, 1.165) is 23.8 Å². The molecular weight excluding hydrogens is 979 g/mol. The van der Waals surface area contributed by atoms with Gasteiger partial charge < -0.3 is 56.6 Å². The van der Waals surface area contributed by atoms with Crippen molar-refractivity contribution in [2.75, 3.05) is 19.7 Å². The lowest BCUT2D eigenvalue weighted by molar-refractivity contribution is -0.197. The summed E-state index contributed by atoms with van der Waals surface area (Å²) in [7, 11) is 0. The lowest BCUT2D eigenvalue weighted by Crippen LogP contribution is -2.56. The van der Waals surface area contributed by atoms with E-state index in [-0.39, 0.29) is 36.9 Å². The molecule has 0 aliphatic carbocycles. The van der Waals surface area contributed by atoms with Gasteiger partial charge in [0.05, 0.1) is 12.5 Å². The van der Waals surface area contributed by atoms with Gasteiger partial charge in [-0.2, -0.15) is 0 Å². The summed E-state index contributed by atoms with van der Waals surface area (Å²) in [5, 5.41) is 38.6. The molecule has 2 aromatic carbocycles. The van der Waals surface area contributed by atoms with E-state index in [1.165, 1.54) is 4.90 Å². The third-order valence-electron chi connectivity index (χ3n) is 11.5. The Balaban J connectivity index is 1.65. The highest BCUT2D eigenvalue weighted by Crippen LogP contribution is 2.41. The van der Waals surface area contributed by atoms with Crippen LogP contribution >= 0.6 is 0 Å². The fourth-order valence-corrected chi connectivity index (χ4v) is 8.00. The number of hydrogen-bond donors (Lipinski definition) is 8. The molecule has 9 N–H and O–H groups in total. The molecule has 0 unspecified atom stereocenters. The number of aliphatic carboxylic acids is 2. The van der Waals surface area contributed by atoms with Gasteiger partial charge in [0.2, 0.25) is 35.4 Å². The summed E-state index contributed by atoms with van der Waals surface area (Å²) in [5.74, 6) is -12.6. The Labute approximate surface area is 423 Å². The van der Waals surface area contributed by atoms with E-state index in [2.05, 4.69) is 21.3 Å². The molecule has 1 fully saturated rings. The van der Waals surface area contributed by atoms with Gasteiger partial charge in [0.25, 0.3) is 11.8 Å². The molecular formula is C49H60F2N8O15. The molecule has 3 aromatic rings. The zero-order valence-electron chi connectivity index (χ0n) is 40.9. The van der Waals surface area contributed by atoms with Crippen LogP contribution in [0.2, 0.25) is 0 Å². The normalized spacial score (nSPS) is 14.0. The van der Waals surface area contributed by atoms with Crippen LogP contribution in [0.15, 0.2) is 60.8 Å².